The number of rotatable bonds is 5. The maximum Gasteiger partial charge on any atom is 0.193 e. The molecular formula is C13H25N3O. The first-order valence-corrected chi connectivity index (χ1v) is 6.79. The van der Waals surface area contributed by atoms with Gasteiger partial charge in [-0.2, -0.15) is 0 Å². The summed E-state index contributed by atoms with van der Waals surface area (Å²) in [5.74, 6) is 2.67. The fourth-order valence-electron chi connectivity index (χ4n) is 2.38. The lowest BCUT2D eigenvalue weighted by atomic mass is 10.1. The summed E-state index contributed by atoms with van der Waals surface area (Å²) in [5, 5.41) is 3.45. The quantitative estimate of drug-likeness (QED) is 0.581. The Balaban J connectivity index is 1.67. The molecule has 1 aliphatic heterocycles. The standard InChI is InChI=1S/C13H25N3O/c1-14-13(15-7-5-11-3-4-11)16(2)9-12-6-8-17-10-12/h11-12H,3-10H2,1-2H3,(H,14,15). The van der Waals surface area contributed by atoms with Gasteiger partial charge in [-0.05, 0) is 18.8 Å². The molecule has 0 spiro atoms. The van der Waals surface area contributed by atoms with Crippen LogP contribution in [-0.2, 0) is 4.74 Å². The Morgan fingerprint density at radius 2 is 2.18 bits per heavy atom. The van der Waals surface area contributed by atoms with Crippen LogP contribution in [0.4, 0.5) is 0 Å². The molecule has 0 radical (unpaired) electrons. The van der Waals surface area contributed by atoms with E-state index in [-0.39, 0.29) is 0 Å². The Morgan fingerprint density at radius 3 is 2.76 bits per heavy atom. The topological polar surface area (TPSA) is 36.9 Å². The largest absolute Gasteiger partial charge is 0.381 e. The number of nitrogens with zero attached hydrogens (tertiary/aromatic N) is 2. The van der Waals surface area contributed by atoms with Crippen molar-refractivity contribution in [3.8, 4) is 0 Å². The average Bonchev–Trinajstić information content (AvgIpc) is 3.01. The van der Waals surface area contributed by atoms with Crippen LogP contribution in [0.3, 0.4) is 0 Å². The number of ether oxygens (including phenoxy) is 1. The second kappa shape index (κ2) is 6.24. The van der Waals surface area contributed by atoms with Crippen LogP contribution in [-0.4, -0.2) is 51.3 Å². The fourth-order valence-corrected chi connectivity index (χ4v) is 2.38. The van der Waals surface area contributed by atoms with Gasteiger partial charge in [0.2, 0.25) is 0 Å². The van der Waals surface area contributed by atoms with Crippen molar-refractivity contribution >= 4 is 5.96 Å². The van der Waals surface area contributed by atoms with Crippen LogP contribution in [0.1, 0.15) is 25.7 Å². The Labute approximate surface area is 104 Å². The maximum atomic E-state index is 5.41. The molecule has 0 aromatic rings. The first-order valence-electron chi connectivity index (χ1n) is 6.79. The molecule has 2 rings (SSSR count). The SMILES string of the molecule is CN=C(NCCC1CC1)N(C)CC1CCOC1. The van der Waals surface area contributed by atoms with Gasteiger partial charge in [-0.25, -0.2) is 0 Å². The minimum Gasteiger partial charge on any atom is -0.381 e. The van der Waals surface area contributed by atoms with Crippen LogP contribution in [0.2, 0.25) is 0 Å². The predicted octanol–water partition coefficient (Wildman–Crippen LogP) is 1.33. The van der Waals surface area contributed by atoms with E-state index >= 15 is 0 Å². The van der Waals surface area contributed by atoms with Gasteiger partial charge in [0.1, 0.15) is 0 Å². The molecule has 1 atom stereocenters. The molecule has 1 saturated carbocycles. The van der Waals surface area contributed by atoms with Gasteiger partial charge >= 0.3 is 0 Å². The summed E-state index contributed by atoms with van der Waals surface area (Å²) in [4.78, 5) is 6.57. The molecule has 0 amide bonds. The Kier molecular flexibility index (Phi) is 4.66. The third-order valence-electron chi connectivity index (χ3n) is 3.66. The molecule has 1 unspecified atom stereocenters. The van der Waals surface area contributed by atoms with E-state index in [9.17, 15) is 0 Å². The highest BCUT2D eigenvalue weighted by atomic mass is 16.5. The van der Waals surface area contributed by atoms with Gasteiger partial charge in [-0.15, -0.1) is 0 Å². The van der Waals surface area contributed by atoms with Gasteiger partial charge in [0.05, 0.1) is 6.61 Å². The van der Waals surface area contributed by atoms with E-state index in [4.69, 9.17) is 4.74 Å². The number of guanidine groups is 1. The summed E-state index contributed by atoms with van der Waals surface area (Å²) < 4.78 is 5.41. The summed E-state index contributed by atoms with van der Waals surface area (Å²) in [7, 11) is 3.98. The molecule has 2 aliphatic rings. The van der Waals surface area contributed by atoms with Crippen LogP contribution in [0, 0.1) is 11.8 Å². The summed E-state index contributed by atoms with van der Waals surface area (Å²) in [6.07, 6.45) is 5.33. The van der Waals surface area contributed by atoms with E-state index in [2.05, 4.69) is 22.3 Å². The molecule has 1 aliphatic carbocycles. The van der Waals surface area contributed by atoms with Gasteiger partial charge in [-0.3, -0.25) is 4.99 Å². The normalized spacial score (nSPS) is 25.1. The summed E-state index contributed by atoms with van der Waals surface area (Å²) in [6.45, 7) is 3.93. The second-order valence-corrected chi connectivity index (χ2v) is 5.32. The van der Waals surface area contributed by atoms with E-state index in [1.807, 2.05) is 7.05 Å². The molecular weight excluding hydrogens is 214 g/mol. The zero-order chi connectivity index (χ0) is 12.1. The number of hydrogen-bond donors (Lipinski definition) is 1. The number of nitrogens with one attached hydrogen (secondary N) is 1. The Hall–Kier alpha value is -0.770. The third kappa shape index (κ3) is 4.19. The molecule has 98 valence electrons. The fraction of sp³-hybridized carbons (Fsp3) is 0.923. The highest BCUT2D eigenvalue weighted by Gasteiger charge is 2.21. The smallest absolute Gasteiger partial charge is 0.193 e. The number of hydrogen-bond acceptors (Lipinski definition) is 2. The van der Waals surface area contributed by atoms with E-state index in [0.29, 0.717) is 5.92 Å². The second-order valence-electron chi connectivity index (χ2n) is 5.32. The molecule has 0 aromatic carbocycles. The molecule has 1 N–H and O–H groups in total. The molecule has 0 bridgehead atoms. The van der Waals surface area contributed by atoms with E-state index in [1.54, 1.807) is 0 Å². The molecule has 2 fully saturated rings. The van der Waals surface area contributed by atoms with Gasteiger partial charge in [-0.1, -0.05) is 12.8 Å². The average molecular weight is 239 g/mol. The predicted molar refractivity (Wildman–Crippen MR) is 70.3 cm³/mol. The van der Waals surface area contributed by atoms with Crippen LogP contribution in [0.25, 0.3) is 0 Å². The maximum absolute atomic E-state index is 5.41. The van der Waals surface area contributed by atoms with Crippen LogP contribution >= 0.6 is 0 Å². The van der Waals surface area contributed by atoms with Crippen molar-refractivity contribution in [1.29, 1.82) is 0 Å². The lowest BCUT2D eigenvalue weighted by Crippen LogP contribution is -2.41. The van der Waals surface area contributed by atoms with Crippen molar-refractivity contribution in [2.75, 3.05) is 40.4 Å². The highest BCUT2D eigenvalue weighted by Crippen LogP contribution is 2.31. The van der Waals surface area contributed by atoms with Gasteiger partial charge in [0.15, 0.2) is 5.96 Å². The minimum absolute atomic E-state index is 0.669. The summed E-state index contributed by atoms with van der Waals surface area (Å²) >= 11 is 0. The van der Waals surface area contributed by atoms with E-state index in [0.717, 1.165) is 38.2 Å². The molecule has 1 heterocycles. The molecule has 1 saturated heterocycles. The van der Waals surface area contributed by atoms with Crippen LogP contribution in [0.5, 0.6) is 0 Å². The third-order valence-corrected chi connectivity index (χ3v) is 3.66. The number of aliphatic imine (C=N–C) groups is 1. The van der Waals surface area contributed by atoms with Crippen LogP contribution < -0.4 is 5.32 Å². The molecule has 0 aromatic heterocycles. The van der Waals surface area contributed by atoms with Crippen molar-refractivity contribution in [2.45, 2.75) is 25.7 Å². The molecule has 4 heteroatoms. The van der Waals surface area contributed by atoms with Crippen molar-refractivity contribution < 1.29 is 4.74 Å². The Bertz CT molecular complexity index is 257. The molecule has 4 nitrogen and oxygen atoms in total. The van der Waals surface area contributed by atoms with Crippen molar-refractivity contribution in [3.05, 3.63) is 0 Å². The van der Waals surface area contributed by atoms with Gasteiger partial charge in [0.25, 0.3) is 0 Å². The zero-order valence-corrected chi connectivity index (χ0v) is 11.1. The van der Waals surface area contributed by atoms with E-state index < -0.39 is 0 Å². The lowest BCUT2D eigenvalue weighted by molar-refractivity contribution is 0.181. The first kappa shape index (κ1) is 12.7. The highest BCUT2D eigenvalue weighted by molar-refractivity contribution is 5.79. The van der Waals surface area contributed by atoms with Crippen molar-refractivity contribution in [2.24, 2.45) is 16.8 Å². The lowest BCUT2D eigenvalue weighted by Gasteiger charge is -2.24. The summed E-state index contributed by atoms with van der Waals surface area (Å²) in [6, 6.07) is 0. The zero-order valence-electron chi connectivity index (χ0n) is 11.1. The Morgan fingerprint density at radius 1 is 1.35 bits per heavy atom. The monoisotopic (exact) mass is 239 g/mol. The summed E-state index contributed by atoms with van der Waals surface area (Å²) in [5.41, 5.74) is 0. The first-order chi connectivity index (χ1) is 8.29. The van der Waals surface area contributed by atoms with Gasteiger partial charge < -0.3 is 15.0 Å². The van der Waals surface area contributed by atoms with Crippen molar-refractivity contribution in [1.82, 2.24) is 10.2 Å². The van der Waals surface area contributed by atoms with Gasteiger partial charge in [0, 0.05) is 39.7 Å². The molecule has 17 heavy (non-hydrogen) atoms. The van der Waals surface area contributed by atoms with Crippen molar-refractivity contribution in [3.63, 3.8) is 0 Å². The van der Waals surface area contributed by atoms with Crippen LogP contribution in [0.15, 0.2) is 4.99 Å². The van der Waals surface area contributed by atoms with E-state index in [1.165, 1.54) is 25.7 Å². The minimum atomic E-state index is 0.669.